The van der Waals surface area contributed by atoms with Crippen molar-refractivity contribution in [3.05, 3.63) is 94.5 Å². The molecule has 11 heteroatoms. The Hall–Kier alpha value is -3.60. The number of hydrogen-bond acceptors (Lipinski definition) is 6. The van der Waals surface area contributed by atoms with E-state index in [0.29, 0.717) is 56.3 Å². The predicted octanol–water partition coefficient (Wildman–Crippen LogP) is 2.83. The maximum atomic E-state index is 13.9. The molecule has 2 aliphatic heterocycles. The molecular weight excluding hydrogens is 574 g/mol. The lowest BCUT2D eigenvalue weighted by molar-refractivity contribution is -0.137. The van der Waals surface area contributed by atoms with Gasteiger partial charge in [0.1, 0.15) is 6.04 Å². The van der Waals surface area contributed by atoms with Crippen molar-refractivity contribution >= 4 is 44.8 Å². The Morgan fingerprint density at radius 1 is 0.976 bits per heavy atom. The minimum Gasteiger partial charge on any atom is -0.366 e. The third-order valence-corrected chi connectivity index (χ3v) is 9.46. The average molecular weight is 610 g/mol. The van der Waals surface area contributed by atoms with Crippen molar-refractivity contribution in [2.75, 3.05) is 48.7 Å². The van der Waals surface area contributed by atoms with Crippen LogP contribution in [0.3, 0.4) is 0 Å². The van der Waals surface area contributed by atoms with Gasteiger partial charge in [0.05, 0.1) is 23.7 Å². The number of para-hydroxylation sites is 2. The van der Waals surface area contributed by atoms with Gasteiger partial charge in [-0.1, -0.05) is 60.1 Å². The van der Waals surface area contributed by atoms with Gasteiger partial charge in [-0.05, 0) is 47.4 Å². The van der Waals surface area contributed by atoms with Crippen LogP contribution < -0.4 is 19.8 Å². The molecule has 5 rings (SSSR count). The first-order chi connectivity index (χ1) is 20.1. The number of hydrogen-bond donors (Lipinski definition) is 2. The lowest BCUT2D eigenvalue weighted by Crippen LogP contribution is -2.58. The summed E-state index contributed by atoms with van der Waals surface area (Å²) in [6.07, 6.45) is 2.08. The summed E-state index contributed by atoms with van der Waals surface area (Å²) in [7, 11) is -1.89. The first-order valence-electron chi connectivity index (χ1n) is 14.0. The molecule has 2 heterocycles. The SMILES string of the molecule is CN(c1ccccc1N1CCN(C(=O)[C@@H](Cc2ccc(Cl)cc2)NC(=O)[C@H]2Cc3ccccc3CN2)CC1)S(C)(=O)=O. The molecule has 0 saturated carbocycles. The van der Waals surface area contributed by atoms with Crippen molar-refractivity contribution in [1.29, 1.82) is 0 Å². The molecule has 2 atom stereocenters. The van der Waals surface area contributed by atoms with Crippen LogP contribution in [0.15, 0.2) is 72.8 Å². The third kappa shape index (κ3) is 6.88. The van der Waals surface area contributed by atoms with Crippen LogP contribution in [0.4, 0.5) is 11.4 Å². The molecule has 0 radical (unpaired) electrons. The fourth-order valence-corrected chi connectivity index (χ4v) is 6.17. The van der Waals surface area contributed by atoms with Gasteiger partial charge in [0.2, 0.25) is 21.8 Å². The van der Waals surface area contributed by atoms with Gasteiger partial charge < -0.3 is 20.4 Å². The Balaban J connectivity index is 1.29. The molecule has 42 heavy (non-hydrogen) atoms. The minimum absolute atomic E-state index is 0.143. The lowest BCUT2D eigenvalue weighted by Gasteiger charge is -2.39. The van der Waals surface area contributed by atoms with Crippen molar-refractivity contribution in [2.24, 2.45) is 0 Å². The van der Waals surface area contributed by atoms with E-state index in [-0.39, 0.29) is 11.8 Å². The number of fused-ring (bicyclic) bond motifs is 1. The van der Waals surface area contributed by atoms with Gasteiger partial charge in [-0.15, -0.1) is 0 Å². The highest BCUT2D eigenvalue weighted by Crippen LogP contribution is 2.30. The molecule has 1 saturated heterocycles. The molecule has 3 aromatic carbocycles. The van der Waals surface area contributed by atoms with Crippen molar-refractivity contribution in [3.63, 3.8) is 0 Å². The fraction of sp³-hybridized carbons (Fsp3) is 0.355. The Kier molecular flexibility index (Phi) is 9.05. The van der Waals surface area contributed by atoms with Crippen LogP contribution in [0, 0.1) is 0 Å². The molecule has 1 fully saturated rings. The summed E-state index contributed by atoms with van der Waals surface area (Å²) in [5, 5.41) is 6.97. The number of benzene rings is 3. The van der Waals surface area contributed by atoms with Gasteiger partial charge in [-0.3, -0.25) is 13.9 Å². The second kappa shape index (κ2) is 12.7. The second-order valence-corrected chi connectivity index (χ2v) is 13.3. The van der Waals surface area contributed by atoms with Gasteiger partial charge in [-0.2, -0.15) is 0 Å². The molecule has 3 aromatic rings. The van der Waals surface area contributed by atoms with Crippen LogP contribution in [-0.2, 0) is 39.0 Å². The van der Waals surface area contributed by atoms with Gasteiger partial charge in [0.25, 0.3) is 0 Å². The smallest absolute Gasteiger partial charge is 0.245 e. The number of carbonyl (C=O) groups is 2. The first-order valence-corrected chi connectivity index (χ1v) is 16.2. The summed E-state index contributed by atoms with van der Waals surface area (Å²) >= 11 is 6.09. The van der Waals surface area contributed by atoms with Crippen LogP contribution in [0.2, 0.25) is 5.02 Å². The second-order valence-electron chi connectivity index (χ2n) is 10.8. The van der Waals surface area contributed by atoms with Crippen molar-refractivity contribution in [1.82, 2.24) is 15.5 Å². The average Bonchev–Trinajstić information content (AvgIpc) is 3.00. The number of sulfonamides is 1. The number of nitrogens with zero attached hydrogens (tertiary/aromatic N) is 3. The minimum atomic E-state index is -3.43. The zero-order chi connectivity index (χ0) is 29.9. The van der Waals surface area contributed by atoms with Crippen molar-refractivity contribution < 1.29 is 18.0 Å². The molecule has 0 aliphatic carbocycles. The van der Waals surface area contributed by atoms with Crippen LogP contribution in [0.5, 0.6) is 0 Å². The van der Waals surface area contributed by atoms with E-state index in [1.807, 2.05) is 48.5 Å². The molecular formula is C31H36ClN5O4S. The van der Waals surface area contributed by atoms with Gasteiger partial charge in [0, 0.05) is 51.2 Å². The topological polar surface area (TPSA) is 102 Å². The number of halogens is 1. The monoisotopic (exact) mass is 609 g/mol. The summed E-state index contributed by atoms with van der Waals surface area (Å²) in [5.74, 6) is -0.344. The number of anilines is 2. The maximum Gasteiger partial charge on any atom is 0.245 e. The Labute approximate surface area is 252 Å². The standard InChI is InChI=1S/C31H36ClN5O4S/c1-35(42(2,40)41)28-9-5-6-10-29(28)36-15-17-37(18-16-36)31(39)27(19-22-11-13-25(32)14-12-22)34-30(38)26-20-23-7-3-4-8-24(23)21-33-26/h3-14,26-27,33H,15-21H2,1-2H3,(H,34,38)/t26-,27-/m1/s1. The van der Waals surface area contributed by atoms with Crippen LogP contribution in [0.1, 0.15) is 16.7 Å². The number of amides is 2. The predicted molar refractivity (Wildman–Crippen MR) is 166 cm³/mol. The highest BCUT2D eigenvalue weighted by atomic mass is 35.5. The van der Waals surface area contributed by atoms with E-state index in [9.17, 15) is 18.0 Å². The zero-order valence-corrected chi connectivity index (χ0v) is 25.4. The van der Waals surface area contributed by atoms with E-state index in [4.69, 9.17) is 11.6 Å². The summed E-state index contributed by atoms with van der Waals surface area (Å²) in [6.45, 7) is 2.55. The number of nitrogens with one attached hydrogen (secondary N) is 2. The molecule has 0 aromatic heterocycles. The molecule has 0 bridgehead atoms. The Morgan fingerprint density at radius 2 is 1.62 bits per heavy atom. The lowest BCUT2D eigenvalue weighted by atomic mass is 9.95. The summed E-state index contributed by atoms with van der Waals surface area (Å²) in [5.41, 5.74) is 4.60. The van der Waals surface area contributed by atoms with E-state index in [2.05, 4.69) is 21.6 Å². The van der Waals surface area contributed by atoms with Crippen LogP contribution in [-0.4, -0.2) is 76.7 Å². The summed E-state index contributed by atoms with van der Waals surface area (Å²) in [4.78, 5) is 31.2. The number of piperazine rings is 1. The summed E-state index contributed by atoms with van der Waals surface area (Å²) in [6, 6.07) is 21.6. The summed E-state index contributed by atoms with van der Waals surface area (Å²) < 4.78 is 25.7. The molecule has 2 amide bonds. The highest BCUT2D eigenvalue weighted by molar-refractivity contribution is 7.92. The van der Waals surface area contributed by atoms with E-state index < -0.39 is 22.1 Å². The molecule has 0 unspecified atom stereocenters. The van der Waals surface area contributed by atoms with E-state index in [1.54, 1.807) is 23.1 Å². The van der Waals surface area contributed by atoms with E-state index in [1.165, 1.54) is 23.2 Å². The molecule has 2 aliphatic rings. The maximum absolute atomic E-state index is 13.9. The quantitative estimate of drug-likeness (QED) is 0.407. The van der Waals surface area contributed by atoms with Gasteiger partial charge in [-0.25, -0.2) is 8.42 Å². The Bertz CT molecular complexity index is 1540. The van der Waals surface area contributed by atoms with E-state index >= 15 is 0 Å². The molecule has 222 valence electrons. The van der Waals surface area contributed by atoms with Gasteiger partial charge >= 0.3 is 0 Å². The fourth-order valence-electron chi connectivity index (χ4n) is 5.53. The largest absolute Gasteiger partial charge is 0.366 e. The molecule has 2 N–H and O–H groups in total. The van der Waals surface area contributed by atoms with Crippen molar-refractivity contribution in [3.8, 4) is 0 Å². The van der Waals surface area contributed by atoms with Gasteiger partial charge in [0.15, 0.2) is 0 Å². The first kappa shape index (κ1) is 29.9. The normalized spacial score (nSPS) is 17.7. The number of carbonyl (C=O) groups excluding carboxylic acids is 2. The number of rotatable bonds is 8. The van der Waals surface area contributed by atoms with Crippen LogP contribution >= 0.6 is 11.6 Å². The van der Waals surface area contributed by atoms with Crippen LogP contribution in [0.25, 0.3) is 0 Å². The Morgan fingerprint density at radius 3 is 2.31 bits per heavy atom. The zero-order valence-electron chi connectivity index (χ0n) is 23.8. The van der Waals surface area contributed by atoms with Crippen molar-refractivity contribution in [2.45, 2.75) is 31.5 Å². The molecule has 0 spiro atoms. The highest BCUT2D eigenvalue weighted by Gasteiger charge is 2.32. The van der Waals surface area contributed by atoms with E-state index in [0.717, 1.165) is 16.8 Å². The third-order valence-electron chi connectivity index (χ3n) is 8.02. The molecule has 9 nitrogen and oxygen atoms in total.